The number of nitrogens with one attached hydrogen (secondary N) is 1. The molecule has 0 aromatic rings. The van der Waals surface area contributed by atoms with Gasteiger partial charge in [0.25, 0.3) is 0 Å². The molecule has 0 heterocycles. The van der Waals surface area contributed by atoms with Crippen molar-refractivity contribution in [2.45, 2.75) is 39.2 Å². The van der Waals surface area contributed by atoms with Gasteiger partial charge in [-0.15, -0.1) is 0 Å². The van der Waals surface area contributed by atoms with Crippen LogP contribution >= 0.6 is 0 Å². The van der Waals surface area contributed by atoms with Gasteiger partial charge in [-0.2, -0.15) is 0 Å². The lowest BCUT2D eigenvalue weighted by Gasteiger charge is -2.11. The predicted molar refractivity (Wildman–Crippen MR) is 53.1 cm³/mol. The van der Waals surface area contributed by atoms with Crippen molar-refractivity contribution in [1.29, 1.82) is 0 Å². The monoisotopic (exact) mass is 171 g/mol. The predicted octanol–water partition coefficient (Wildman–Crippen LogP) is 2.31. The summed E-state index contributed by atoms with van der Waals surface area (Å²) in [6.07, 6.45) is 5.05. The van der Waals surface area contributed by atoms with E-state index in [0.29, 0.717) is 6.04 Å². The van der Waals surface area contributed by atoms with Crippen molar-refractivity contribution in [2.24, 2.45) is 0 Å². The van der Waals surface area contributed by atoms with E-state index < -0.39 is 0 Å². The number of hydrogen-bond donors (Lipinski definition) is 1. The minimum atomic E-state index is 0.638. The van der Waals surface area contributed by atoms with Crippen molar-refractivity contribution in [3.8, 4) is 0 Å². The van der Waals surface area contributed by atoms with Crippen molar-refractivity contribution in [3.63, 3.8) is 0 Å². The van der Waals surface area contributed by atoms with Gasteiger partial charge in [0.2, 0.25) is 0 Å². The molecule has 0 saturated heterocycles. The summed E-state index contributed by atoms with van der Waals surface area (Å²) >= 11 is 0. The van der Waals surface area contributed by atoms with Gasteiger partial charge >= 0.3 is 0 Å². The number of ether oxygens (including phenoxy) is 1. The maximum absolute atomic E-state index is 5.00. The fraction of sp³-hybridized carbons (Fsp3) is 0.800. The van der Waals surface area contributed by atoms with Crippen molar-refractivity contribution in [2.75, 3.05) is 13.2 Å². The van der Waals surface area contributed by atoms with E-state index in [1.165, 1.54) is 19.1 Å². The standard InChI is InChI=1S/C10H21NO/c1-4-7-10(3)11-8-6-9-12-5-2/h5,10-11H,2,4,6-9H2,1,3H3. The Hall–Kier alpha value is -0.500. The van der Waals surface area contributed by atoms with Gasteiger partial charge in [-0.05, 0) is 26.3 Å². The molecule has 0 radical (unpaired) electrons. The van der Waals surface area contributed by atoms with Crippen molar-refractivity contribution in [1.82, 2.24) is 5.32 Å². The smallest absolute Gasteiger partial charge is 0.0885 e. The molecule has 0 aromatic carbocycles. The first-order valence-corrected chi connectivity index (χ1v) is 4.77. The Morgan fingerprint density at radius 3 is 2.92 bits per heavy atom. The van der Waals surface area contributed by atoms with Gasteiger partial charge in [0.1, 0.15) is 0 Å². The van der Waals surface area contributed by atoms with Crippen LogP contribution in [0.2, 0.25) is 0 Å². The molecule has 0 amide bonds. The van der Waals surface area contributed by atoms with Crippen LogP contribution in [0.3, 0.4) is 0 Å². The second-order valence-electron chi connectivity index (χ2n) is 3.03. The average Bonchev–Trinajstić information content (AvgIpc) is 2.05. The lowest BCUT2D eigenvalue weighted by atomic mass is 10.2. The Balaban J connectivity index is 3.02. The largest absolute Gasteiger partial charge is 0.502 e. The van der Waals surface area contributed by atoms with Crippen LogP contribution in [0, 0.1) is 0 Å². The van der Waals surface area contributed by atoms with Crippen LogP contribution in [0.15, 0.2) is 12.8 Å². The van der Waals surface area contributed by atoms with Crippen molar-refractivity contribution >= 4 is 0 Å². The molecule has 0 spiro atoms. The van der Waals surface area contributed by atoms with Crippen LogP contribution in [0.5, 0.6) is 0 Å². The van der Waals surface area contributed by atoms with Crippen LogP contribution in [0.1, 0.15) is 33.1 Å². The minimum absolute atomic E-state index is 0.638. The van der Waals surface area contributed by atoms with Crippen LogP contribution in [0.25, 0.3) is 0 Å². The highest BCUT2D eigenvalue weighted by atomic mass is 16.5. The quantitative estimate of drug-likeness (QED) is 0.447. The van der Waals surface area contributed by atoms with Gasteiger partial charge in [0.15, 0.2) is 0 Å². The molecule has 72 valence electrons. The minimum Gasteiger partial charge on any atom is -0.502 e. The summed E-state index contributed by atoms with van der Waals surface area (Å²) in [5, 5.41) is 3.43. The molecule has 0 rings (SSSR count). The topological polar surface area (TPSA) is 21.3 Å². The third-order valence-corrected chi connectivity index (χ3v) is 1.77. The lowest BCUT2D eigenvalue weighted by Crippen LogP contribution is -2.27. The molecule has 1 unspecified atom stereocenters. The average molecular weight is 171 g/mol. The van der Waals surface area contributed by atoms with E-state index in [0.717, 1.165) is 19.6 Å². The van der Waals surface area contributed by atoms with E-state index in [-0.39, 0.29) is 0 Å². The second-order valence-corrected chi connectivity index (χ2v) is 3.03. The molecule has 2 heteroatoms. The maximum Gasteiger partial charge on any atom is 0.0885 e. The van der Waals surface area contributed by atoms with E-state index in [1.807, 2.05) is 0 Å². The fourth-order valence-corrected chi connectivity index (χ4v) is 1.12. The first-order valence-electron chi connectivity index (χ1n) is 4.77. The van der Waals surface area contributed by atoms with E-state index in [9.17, 15) is 0 Å². The number of hydrogen-bond acceptors (Lipinski definition) is 2. The van der Waals surface area contributed by atoms with Crippen molar-refractivity contribution in [3.05, 3.63) is 12.8 Å². The fourth-order valence-electron chi connectivity index (χ4n) is 1.12. The van der Waals surface area contributed by atoms with Crippen LogP contribution in [-0.4, -0.2) is 19.2 Å². The maximum atomic E-state index is 5.00. The normalized spacial score (nSPS) is 12.5. The molecule has 0 aliphatic carbocycles. The molecular formula is C10H21NO. The first-order chi connectivity index (χ1) is 5.81. The van der Waals surface area contributed by atoms with E-state index in [2.05, 4.69) is 25.7 Å². The summed E-state index contributed by atoms with van der Waals surface area (Å²) in [7, 11) is 0. The highest BCUT2D eigenvalue weighted by Gasteiger charge is 1.97. The van der Waals surface area contributed by atoms with Gasteiger partial charge in [0, 0.05) is 6.04 Å². The van der Waals surface area contributed by atoms with Crippen molar-refractivity contribution < 1.29 is 4.74 Å². The van der Waals surface area contributed by atoms with E-state index >= 15 is 0 Å². The molecule has 2 nitrogen and oxygen atoms in total. The summed E-state index contributed by atoms with van der Waals surface area (Å²) in [5.74, 6) is 0. The molecule has 1 atom stereocenters. The molecule has 1 N–H and O–H groups in total. The van der Waals surface area contributed by atoms with Gasteiger partial charge in [0.05, 0.1) is 12.9 Å². The van der Waals surface area contributed by atoms with Crippen LogP contribution < -0.4 is 5.32 Å². The summed E-state index contributed by atoms with van der Waals surface area (Å²) < 4.78 is 5.00. The van der Waals surface area contributed by atoms with Gasteiger partial charge in [-0.25, -0.2) is 0 Å². The molecule has 0 bridgehead atoms. The summed E-state index contributed by atoms with van der Waals surface area (Å²) in [5.41, 5.74) is 0. The summed E-state index contributed by atoms with van der Waals surface area (Å²) in [4.78, 5) is 0. The third kappa shape index (κ3) is 7.61. The highest BCUT2D eigenvalue weighted by molar-refractivity contribution is 4.59. The Kier molecular flexibility index (Phi) is 8.24. The molecule has 0 aliphatic heterocycles. The molecule has 0 saturated carbocycles. The van der Waals surface area contributed by atoms with Crippen LogP contribution in [-0.2, 0) is 4.74 Å². The Bertz CT molecular complexity index is 104. The van der Waals surface area contributed by atoms with Gasteiger partial charge in [-0.1, -0.05) is 19.9 Å². The molecule has 0 fully saturated rings. The van der Waals surface area contributed by atoms with Crippen LogP contribution in [0.4, 0.5) is 0 Å². The summed E-state index contributed by atoms with van der Waals surface area (Å²) in [6, 6.07) is 0.638. The Morgan fingerprint density at radius 2 is 2.33 bits per heavy atom. The Morgan fingerprint density at radius 1 is 1.58 bits per heavy atom. The third-order valence-electron chi connectivity index (χ3n) is 1.77. The lowest BCUT2D eigenvalue weighted by molar-refractivity contribution is 0.243. The second kappa shape index (κ2) is 8.60. The molecule has 0 aliphatic rings. The number of rotatable bonds is 8. The van der Waals surface area contributed by atoms with E-state index in [4.69, 9.17) is 4.74 Å². The van der Waals surface area contributed by atoms with E-state index in [1.54, 1.807) is 0 Å². The molecular weight excluding hydrogens is 150 g/mol. The SMILES string of the molecule is C=COCCCNC(C)CCC. The molecule has 0 aromatic heterocycles. The Labute approximate surface area is 76.0 Å². The zero-order valence-electron chi connectivity index (χ0n) is 8.31. The zero-order chi connectivity index (χ0) is 9.23. The first kappa shape index (κ1) is 11.5. The van der Waals surface area contributed by atoms with Gasteiger partial charge in [-0.3, -0.25) is 0 Å². The summed E-state index contributed by atoms with van der Waals surface area (Å²) in [6.45, 7) is 9.72. The zero-order valence-corrected chi connectivity index (χ0v) is 8.31. The van der Waals surface area contributed by atoms with Gasteiger partial charge < -0.3 is 10.1 Å². The molecule has 12 heavy (non-hydrogen) atoms. The highest BCUT2D eigenvalue weighted by Crippen LogP contribution is 1.94.